The quantitative estimate of drug-likeness (QED) is 0.316. The molecular weight excluding hydrogens is 463 g/mol. The van der Waals surface area contributed by atoms with Gasteiger partial charge in [0.25, 0.3) is 0 Å². The largest absolute Gasteiger partial charge is 0.491 e. The summed E-state index contributed by atoms with van der Waals surface area (Å²) < 4.78 is 115. The Hall–Kier alpha value is -2.14. The first-order valence-corrected chi connectivity index (χ1v) is 8.19. The molecule has 0 unspecified atom stereocenters. The Morgan fingerprint density at radius 2 is 1.06 bits per heavy atom. The minimum absolute atomic E-state index is 0.0261. The van der Waals surface area contributed by atoms with Gasteiger partial charge in [-0.25, -0.2) is 9.59 Å². The fourth-order valence-electron chi connectivity index (χ4n) is 1.66. The highest BCUT2D eigenvalue weighted by Crippen LogP contribution is 2.21. The molecule has 2 fully saturated rings. The number of hydrogen-bond donors (Lipinski definition) is 1. The zero-order valence-electron chi connectivity index (χ0n) is 15.5. The molecule has 0 aromatic carbocycles. The van der Waals surface area contributed by atoms with Gasteiger partial charge in [0.2, 0.25) is 0 Å². The van der Waals surface area contributed by atoms with Crippen molar-refractivity contribution in [3.8, 4) is 0 Å². The third kappa shape index (κ3) is 13.0. The van der Waals surface area contributed by atoms with E-state index in [1.807, 2.05) is 0 Å². The summed E-state index contributed by atoms with van der Waals surface area (Å²) in [6.07, 6.45) is -16.0. The van der Waals surface area contributed by atoms with Gasteiger partial charge in [-0.15, -0.1) is 0 Å². The van der Waals surface area contributed by atoms with Crippen LogP contribution in [0.5, 0.6) is 0 Å². The smallest absolute Gasteiger partial charge is 0.380 e. The van der Waals surface area contributed by atoms with E-state index in [0.717, 1.165) is 31.2 Å². The molecule has 0 bridgehead atoms. The molecule has 0 atom stereocenters. The average Bonchev–Trinajstić information content (AvgIpc) is 2.68. The number of esters is 2. The highest BCUT2D eigenvalue weighted by Gasteiger charge is 2.49. The van der Waals surface area contributed by atoms with Crippen molar-refractivity contribution in [1.82, 2.24) is 10.2 Å². The maximum atomic E-state index is 11.8. The van der Waals surface area contributed by atoms with Crippen molar-refractivity contribution >= 4 is 17.8 Å². The van der Waals surface area contributed by atoms with Crippen LogP contribution in [0.2, 0.25) is 0 Å². The van der Waals surface area contributed by atoms with Gasteiger partial charge < -0.3 is 24.4 Å². The molecule has 0 aromatic rings. The summed E-state index contributed by atoms with van der Waals surface area (Å²) in [4.78, 5) is 30.6. The maximum absolute atomic E-state index is 11.8. The zero-order valence-corrected chi connectivity index (χ0v) is 15.5. The van der Waals surface area contributed by atoms with Crippen molar-refractivity contribution in [1.29, 1.82) is 0 Å². The number of rotatable bonds is 0. The predicted molar refractivity (Wildman–Crippen MR) is 80.4 cm³/mol. The summed E-state index contributed by atoms with van der Waals surface area (Å²) in [5.41, 5.74) is 0. The molecule has 31 heavy (non-hydrogen) atoms. The van der Waals surface area contributed by atoms with E-state index in [1.165, 1.54) is 0 Å². The van der Waals surface area contributed by atoms with E-state index in [9.17, 15) is 53.9 Å². The lowest BCUT2D eigenvalue weighted by atomic mass is 10.4. The van der Waals surface area contributed by atoms with Crippen LogP contribution >= 0.6 is 0 Å². The Bertz CT molecular complexity index is 547. The summed E-state index contributed by atoms with van der Waals surface area (Å²) >= 11 is 0. The molecule has 0 aliphatic carbocycles. The predicted octanol–water partition coefficient (Wildman–Crippen LogP) is 1.19. The average molecular weight is 480 g/mol. The van der Waals surface area contributed by atoms with E-state index in [1.54, 1.807) is 0 Å². The molecule has 0 spiro atoms. The second-order valence-corrected chi connectivity index (χ2v) is 5.44. The molecular formula is C14H17F9N2O6. The van der Waals surface area contributed by atoms with Crippen LogP contribution in [0.3, 0.4) is 0 Å². The number of morpholine rings is 2. The van der Waals surface area contributed by atoms with Gasteiger partial charge in [0, 0.05) is 26.2 Å². The van der Waals surface area contributed by atoms with E-state index in [2.05, 4.69) is 10.1 Å². The Labute approximate surface area is 168 Å². The molecule has 182 valence electrons. The molecule has 17 heteroatoms. The van der Waals surface area contributed by atoms with Gasteiger partial charge in [-0.05, 0) is 0 Å². The van der Waals surface area contributed by atoms with Crippen molar-refractivity contribution in [2.75, 3.05) is 52.6 Å². The number of hydrogen-bond acceptors (Lipinski definition) is 7. The number of alkyl halides is 9. The van der Waals surface area contributed by atoms with Gasteiger partial charge in [0.1, 0.15) is 0 Å². The minimum Gasteiger partial charge on any atom is -0.380 e. The first-order chi connectivity index (χ1) is 14.1. The number of ether oxygens (including phenoxy) is 3. The molecule has 0 saturated carbocycles. The Morgan fingerprint density at radius 1 is 0.677 bits per heavy atom. The van der Waals surface area contributed by atoms with Gasteiger partial charge in [0.15, 0.2) is 0 Å². The second kappa shape index (κ2) is 12.7. The van der Waals surface area contributed by atoms with Crippen molar-refractivity contribution in [3.63, 3.8) is 0 Å². The van der Waals surface area contributed by atoms with Gasteiger partial charge in [-0.3, -0.25) is 4.79 Å². The van der Waals surface area contributed by atoms with Crippen molar-refractivity contribution in [2.45, 2.75) is 18.5 Å². The van der Waals surface area contributed by atoms with Crippen LogP contribution in [-0.2, 0) is 28.6 Å². The molecule has 2 heterocycles. The minimum atomic E-state index is -5.62. The molecule has 8 nitrogen and oxygen atoms in total. The number of carbonyl (C=O) groups is 3. The maximum Gasteiger partial charge on any atom is 0.491 e. The fraction of sp³-hybridized carbons (Fsp3) is 0.786. The lowest BCUT2D eigenvalue weighted by Crippen LogP contribution is -2.46. The third-order valence-corrected chi connectivity index (χ3v) is 3.04. The summed E-state index contributed by atoms with van der Waals surface area (Å²) in [5, 5.41) is 3.16. The van der Waals surface area contributed by atoms with E-state index < -0.39 is 36.4 Å². The van der Waals surface area contributed by atoms with E-state index in [-0.39, 0.29) is 26.3 Å². The molecule has 2 aliphatic rings. The summed E-state index contributed by atoms with van der Waals surface area (Å²) in [5.74, 6) is -8.17. The topological polar surface area (TPSA) is 94.2 Å². The van der Waals surface area contributed by atoms with Crippen LogP contribution in [0.4, 0.5) is 39.5 Å². The first-order valence-electron chi connectivity index (χ1n) is 8.19. The van der Waals surface area contributed by atoms with Gasteiger partial charge in [0.05, 0.1) is 26.4 Å². The number of amides is 1. The Balaban J connectivity index is 0.000000461. The molecule has 1 amide bonds. The van der Waals surface area contributed by atoms with E-state index in [4.69, 9.17) is 9.47 Å². The SMILES string of the molecule is C1COCCN1.O=C(N1CCOCC1)C(F)(F)F.O=C(OC(=O)C(F)(F)F)C(F)(F)F. The highest BCUT2D eigenvalue weighted by atomic mass is 19.4. The summed E-state index contributed by atoms with van der Waals surface area (Å²) in [6.45, 7) is 4.25. The second-order valence-electron chi connectivity index (χ2n) is 5.44. The molecule has 2 rings (SSSR count). The molecule has 2 saturated heterocycles. The van der Waals surface area contributed by atoms with E-state index in [0.29, 0.717) is 0 Å². The third-order valence-electron chi connectivity index (χ3n) is 3.04. The van der Waals surface area contributed by atoms with Crippen LogP contribution in [0, 0.1) is 0 Å². The fourth-order valence-corrected chi connectivity index (χ4v) is 1.66. The Morgan fingerprint density at radius 3 is 1.32 bits per heavy atom. The number of nitrogens with zero attached hydrogens (tertiary/aromatic N) is 1. The molecule has 2 aliphatic heterocycles. The Kier molecular flexibility index (Phi) is 11.8. The summed E-state index contributed by atoms with van der Waals surface area (Å²) in [6, 6.07) is 0. The lowest BCUT2D eigenvalue weighted by Gasteiger charge is -2.27. The number of halogens is 9. The van der Waals surface area contributed by atoms with E-state index >= 15 is 0 Å². The number of carbonyl (C=O) groups excluding carboxylic acids is 3. The van der Waals surface area contributed by atoms with Gasteiger partial charge >= 0.3 is 36.4 Å². The lowest BCUT2D eigenvalue weighted by molar-refractivity contribution is -0.221. The molecule has 1 N–H and O–H groups in total. The molecule has 0 radical (unpaired) electrons. The molecule has 0 aromatic heterocycles. The van der Waals surface area contributed by atoms with Crippen molar-refractivity contribution in [2.24, 2.45) is 0 Å². The van der Waals surface area contributed by atoms with Crippen LogP contribution in [0.25, 0.3) is 0 Å². The number of nitrogens with one attached hydrogen (secondary N) is 1. The van der Waals surface area contributed by atoms with Gasteiger partial charge in [-0.1, -0.05) is 0 Å². The normalized spacial score (nSPS) is 17.4. The van der Waals surface area contributed by atoms with Crippen LogP contribution in [0.15, 0.2) is 0 Å². The van der Waals surface area contributed by atoms with Crippen molar-refractivity contribution in [3.05, 3.63) is 0 Å². The first kappa shape index (κ1) is 28.9. The van der Waals surface area contributed by atoms with Crippen LogP contribution in [-0.4, -0.2) is 93.9 Å². The monoisotopic (exact) mass is 480 g/mol. The summed E-state index contributed by atoms with van der Waals surface area (Å²) in [7, 11) is 0. The van der Waals surface area contributed by atoms with Gasteiger partial charge in [-0.2, -0.15) is 39.5 Å². The zero-order chi connectivity index (χ0) is 24.3. The van der Waals surface area contributed by atoms with Crippen molar-refractivity contribution < 1.29 is 68.1 Å². The standard InChI is InChI=1S/C6H8F3NO2.C4F6O3.C4H9NO/c7-6(8,9)5(11)10-1-3-12-4-2-10;5-3(6,7)1(11)13-2(12)4(8,9)10;1-3-6-4-2-5-1/h1-4H2;;5H,1-4H2. The highest BCUT2D eigenvalue weighted by molar-refractivity contribution is 5.90. The van der Waals surface area contributed by atoms with Crippen LogP contribution in [0.1, 0.15) is 0 Å². The van der Waals surface area contributed by atoms with Crippen LogP contribution < -0.4 is 5.32 Å².